The maximum atomic E-state index is 4.76. The summed E-state index contributed by atoms with van der Waals surface area (Å²) in [5.41, 5.74) is 1.17. The molecule has 1 fully saturated rings. The zero-order valence-electron chi connectivity index (χ0n) is 12.8. The van der Waals surface area contributed by atoms with Gasteiger partial charge in [0, 0.05) is 32.1 Å². The maximum absolute atomic E-state index is 4.76. The molecule has 2 heterocycles. The van der Waals surface area contributed by atoms with E-state index in [1.54, 1.807) is 0 Å². The van der Waals surface area contributed by atoms with Crippen molar-refractivity contribution in [2.75, 3.05) is 30.4 Å². The zero-order valence-corrected chi connectivity index (χ0v) is 12.8. The van der Waals surface area contributed by atoms with E-state index >= 15 is 0 Å². The molecule has 0 aliphatic carbocycles. The highest BCUT2D eigenvalue weighted by molar-refractivity contribution is 5.58. The second-order valence-electron chi connectivity index (χ2n) is 5.73. The highest BCUT2D eigenvalue weighted by atomic mass is 15.2. The van der Waals surface area contributed by atoms with E-state index in [1.807, 2.05) is 7.05 Å². The molecule has 19 heavy (non-hydrogen) atoms. The molecule has 1 aromatic rings. The van der Waals surface area contributed by atoms with Gasteiger partial charge >= 0.3 is 0 Å². The minimum absolute atomic E-state index is 0.728. The monoisotopic (exact) mass is 262 g/mol. The second-order valence-corrected chi connectivity index (χ2v) is 5.73. The van der Waals surface area contributed by atoms with E-state index in [1.165, 1.54) is 12.0 Å². The first kappa shape index (κ1) is 14.1. The molecule has 4 heteroatoms. The Morgan fingerprint density at radius 1 is 1.26 bits per heavy atom. The molecule has 1 aliphatic heterocycles. The quantitative estimate of drug-likeness (QED) is 0.909. The molecule has 0 amide bonds. The number of anilines is 2. The van der Waals surface area contributed by atoms with Crippen molar-refractivity contribution in [3.63, 3.8) is 0 Å². The smallest absolute Gasteiger partial charge is 0.137 e. The molecular weight excluding hydrogens is 236 g/mol. The van der Waals surface area contributed by atoms with Gasteiger partial charge in [0.1, 0.15) is 17.5 Å². The van der Waals surface area contributed by atoms with Crippen LogP contribution in [0.4, 0.5) is 11.6 Å². The largest absolute Gasteiger partial charge is 0.373 e. The van der Waals surface area contributed by atoms with Crippen molar-refractivity contribution >= 4 is 11.6 Å². The van der Waals surface area contributed by atoms with Gasteiger partial charge in [-0.1, -0.05) is 20.8 Å². The highest BCUT2D eigenvalue weighted by Crippen LogP contribution is 2.30. The van der Waals surface area contributed by atoms with Gasteiger partial charge in [0.15, 0.2) is 0 Å². The average molecular weight is 262 g/mol. The fourth-order valence-corrected chi connectivity index (χ4v) is 2.71. The van der Waals surface area contributed by atoms with E-state index in [2.05, 4.69) is 42.9 Å². The minimum Gasteiger partial charge on any atom is -0.373 e. The molecule has 2 atom stereocenters. The van der Waals surface area contributed by atoms with Crippen LogP contribution < -0.4 is 10.2 Å². The first-order chi connectivity index (χ1) is 9.06. The number of hydrogen-bond donors (Lipinski definition) is 1. The van der Waals surface area contributed by atoms with Gasteiger partial charge in [-0.2, -0.15) is 0 Å². The number of piperidine rings is 1. The summed E-state index contributed by atoms with van der Waals surface area (Å²) in [6.07, 6.45) is 2.13. The van der Waals surface area contributed by atoms with Gasteiger partial charge in [0.05, 0.1) is 0 Å². The Hall–Kier alpha value is -1.32. The third-order valence-electron chi connectivity index (χ3n) is 4.35. The van der Waals surface area contributed by atoms with Crippen LogP contribution in [0, 0.1) is 18.8 Å². The van der Waals surface area contributed by atoms with Gasteiger partial charge in [-0.3, -0.25) is 0 Å². The van der Waals surface area contributed by atoms with Gasteiger partial charge in [-0.25, -0.2) is 9.97 Å². The highest BCUT2D eigenvalue weighted by Gasteiger charge is 2.25. The van der Waals surface area contributed by atoms with Crippen LogP contribution in [0.1, 0.15) is 38.6 Å². The van der Waals surface area contributed by atoms with Crippen molar-refractivity contribution in [2.24, 2.45) is 11.8 Å². The summed E-state index contributed by atoms with van der Waals surface area (Å²) >= 11 is 0. The summed E-state index contributed by atoms with van der Waals surface area (Å²) in [6, 6.07) is 0. The number of hydrogen-bond acceptors (Lipinski definition) is 4. The number of aryl methyl sites for hydroxylation is 1. The molecule has 1 aromatic heterocycles. The van der Waals surface area contributed by atoms with Crippen molar-refractivity contribution in [3.8, 4) is 0 Å². The minimum atomic E-state index is 0.728. The van der Waals surface area contributed by atoms with Crippen LogP contribution in [-0.2, 0) is 6.42 Å². The number of nitrogens with zero attached hydrogens (tertiary/aromatic N) is 3. The lowest BCUT2D eigenvalue weighted by molar-refractivity contribution is 0.322. The lowest BCUT2D eigenvalue weighted by Gasteiger charge is -2.37. The molecular formula is C15H26N4. The number of aromatic nitrogens is 2. The summed E-state index contributed by atoms with van der Waals surface area (Å²) in [7, 11) is 1.93. The SMILES string of the molecule is CCc1nc(NC)c(C)c(N2CCC(C)C(C)C2)n1. The van der Waals surface area contributed by atoms with E-state index in [0.29, 0.717) is 0 Å². The predicted molar refractivity (Wildman–Crippen MR) is 80.9 cm³/mol. The van der Waals surface area contributed by atoms with Crippen molar-refractivity contribution in [1.29, 1.82) is 0 Å². The number of rotatable bonds is 3. The van der Waals surface area contributed by atoms with Crippen LogP contribution in [-0.4, -0.2) is 30.1 Å². The van der Waals surface area contributed by atoms with Gasteiger partial charge in [-0.05, 0) is 25.2 Å². The van der Waals surface area contributed by atoms with Crippen molar-refractivity contribution in [1.82, 2.24) is 9.97 Å². The first-order valence-electron chi connectivity index (χ1n) is 7.37. The average Bonchev–Trinajstić information content (AvgIpc) is 2.42. The summed E-state index contributed by atoms with van der Waals surface area (Å²) in [5, 5.41) is 3.19. The summed E-state index contributed by atoms with van der Waals surface area (Å²) in [5.74, 6) is 4.55. The van der Waals surface area contributed by atoms with Gasteiger partial charge in [-0.15, -0.1) is 0 Å². The van der Waals surface area contributed by atoms with Gasteiger partial charge in [0.25, 0.3) is 0 Å². The van der Waals surface area contributed by atoms with E-state index in [0.717, 1.165) is 48.8 Å². The Morgan fingerprint density at radius 2 is 2.00 bits per heavy atom. The first-order valence-corrected chi connectivity index (χ1v) is 7.37. The van der Waals surface area contributed by atoms with Gasteiger partial charge < -0.3 is 10.2 Å². The fraction of sp³-hybridized carbons (Fsp3) is 0.733. The van der Waals surface area contributed by atoms with Crippen molar-refractivity contribution in [3.05, 3.63) is 11.4 Å². The molecule has 4 nitrogen and oxygen atoms in total. The maximum Gasteiger partial charge on any atom is 0.137 e. The Balaban J connectivity index is 2.33. The predicted octanol–water partition coefficient (Wildman–Crippen LogP) is 2.87. The van der Waals surface area contributed by atoms with Crippen LogP contribution in [0.3, 0.4) is 0 Å². The topological polar surface area (TPSA) is 41.1 Å². The Kier molecular flexibility index (Phi) is 4.27. The summed E-state index contributed by atoms with van der Waals surface area (Å²) in [6.45, 7) is 11.1. The van der Waals surface area contributed by atoms with Crippen LogP contribution in [0.2, 0.25) is 0 Å². The summed E-state index contributed by atoms with van der Waals surface area (Å²) < 4.78 is 0. The molecule has 0 spiro atoms. The van der Waals surface area contributed by atoms with E-state index in [-0.39, 0.29) is 0 Å². The Morgan fingerprint density at radius 3 is 2.58 bits per heavy atom. The number of nitrogens with one attached hydrogen (secondary N) is 1. The lowest BCUT2D eigenvalue weighted by atomic mass is 9.88. The molecule has 1 saturated heterocycles. The van der Waals surface area contributed by atoms with Gasteiger partial charge in [0.2, 0.25) is 0 Å². The van der Waals surface area contributed by atoms with E-state index < -0.39 is 0 Å². The third-order valence-corrected chi connectivity index (χ3v) is 4.35. The van der Waals surface area contributed by atoms with Crippen LogP contribution in [0.5, 0.6) is 0 Å². The molecule has 0 saturated carbocycles. The summed E-state index contributed by atoms with van der Waals surface area (Å²) in [4.78, 5) is 11.7. The lowest BCUT2D eigenvalue weighted by Crippen LogP contribution is -2.39. The molecule has 1 N–H and O–H groups in total. The second kappa shape index (κ2) is 5.76. The molecule has 2 rings (SSSR count). The van der Waals surface area contributed by atoms with E-state index in [4.69, 9.17) is 4.98 Å². The van der Waals surface area contributed by atoms with Crippen molar-refractivity contribution in [2.45, 2.75) is 40.5 Å². The van der Waals surface area contributed by atoms with E-state index in [9.17, 15) is 0 Å². The molecule has 0 aromatic carbocycles. The van der Waals surface area contributed by atoms with Crippen LogP contribution in [0.15, 0.2) is 0 Å². The van der Waals surface area contributed by atoms with Crippen LogP contribution >= 0.6 is 0 Å². The normalized spacial score (nSPS) is 23.5. The van der Waals surface area contributed by atoms with Crippen LogP contribution in [0.25, 0.3) is 0 Å². The zero-order chi connectivity index (χ0) is 14.0. The third kappa shape index (κ3) is 2.82. The fourth-order valence-electron chi connectivity index (χ4n) is 2.71. The molecule has 0 radical (unpaired) electrons. The van der Waals surface area contributed by atoms with Crippen molar-refractivity contribution < 1.29 is 0 Å². The molecule has 2 unspecified atom stereocenters. The Labute approximate surface area is 116 Å². The molecule has 106 valence electrons. The molecule has 1 aliphatic rings. The molecule has 0 bridgehead atoms. The standard InChI is InChI=1S/C15H26N4/c1-6-13-17-14(16-5)12(4)15(18-13)19-8-7-10(2)11(3)9-19/h10-11H,6-9H2,1-5H3,(H,16,17,18). The Bertz CT molecular complexity index is 444.